The molecule has 5 heteroatoms. The maximum absolute atomic E-state index is 11.3. The average Bonchev–Trinajstić information content (AvgIpc) is 2.35. The minimum Gasteiger partial charge on any atom is -0.398 e. The van der Waals surface area contributed by atoms with Crippen LogP contribution in [-0.4, -0.2) is 31.0 Å². The maximum atomic E-state index is 11.3. The molecule has 0 saturated carbocycles. The summed E-state index contributed by atoms with van der Waals surface area (Å²) in [7, 11) is 2.03. The van der Waals surface area contributed by atoms with E-state index in [9.17, 15) is 4.79 Å². The predicted molar refractivity (Wildman–Crippen MR) is 80.2 cm³/mol. The summed E-state index contributed by atoms with van der Waals surface area (Å²) >= 11 is 1.81. The van der Waals surface area contributed by atoms with Gasteiger partial charge >= 0.3 is 0 Å². The number of amides is 1. The van der Waals surface area contributed by atoms with Crippen molar-refractivity contribution in [3.63, 3.8) is 0 Å². The van der Waals surface area contributed by atoms with Crippen molar-refractivity contribution in [2.45, 2.75) is 19.4 Å². The van der Waals surface area contributed by atoms with E-state index < -0.39 is 5.91 Å². The number of primary amides is 1. The molecule has 0 aliphatic heterocycles. The van der Waals surface area contributed by atoms with Crippen LogP contribution >= 0.6 is 11.8 Å². The van der Waals surface area contributed by atoms with Gasteiger partial charge in [-0.3, -0.25) is 4.79 Å². The molecule has 1 unspecified atom stereocenters. The molecule has 0 aliphatic rings. The molecular weight excluding hydrogens is 246 g/mol. The summed E-state index contributed by atoms with van der Waals surface area (Å²) in [6.45, 7) is 2.16. The summed E-state index contributed by atoms with van der Waals surface area (Å²) in [6.07, 6.45) is 3.14. The molecule has 4 N–H and O–H groups in total. The number of thioether (sulfide) groups is 1. The Balaban J connectivity index is 3.02. The lowest BCUT2D eigenvalue weighted by Gasteiger charge is -2.29. The second-order valence-corrected chi connectivity index (χ2v) is 5.17. The van der Waals surface area contributed by atoms with Crippen molar-refractivity contribution in [1.82, 2.24) is 0 Å². The van der Waals surface area contributed by atoms with Crippen LogP contribution in [0.15, 0.2) is 18.2 Å². The van der Waals surface area contributed by atoms with Crippen molar-refractivity contribution < 1.29 is 4.79 Å². The molecular formula is C13H21N3OS. The molecule has 0 aromatic heterocycles. The minimum absolute atomic E-state index is 0.387. The van der Waals surface area contributed by atoms with Crippen LogP contribution in [0, 0.1) is 0 Å². The van der Waals surface area contributed by atoms with E-state index in [1.807, 2.05) is 24.9 Å². The molecule has 1 aromatic rings. The quantitative estimate of drug-likeness (QED) is 0.773. The van der Waals surface area contributed by atoms with Gasteiger partial charge in [0.15, 0.2) is 0 Å². The van der Waals surface area contributed by atoms with Crippen LogP contribution < -0.4 is 16.4 Å². The zero-order valence-electron chi connectivity index (χ0n) is 11.1. The lowest BCUT2D eigenvalue weighted by Crippen LogP contribution is -2.33. The summed E-state index contributed by atoms with van der Waals surface area (Å²) < 4.78 is 0. The van der Waals surface area contributed by atoms with Gasteiger partial charge in [-0.25, -0.2) is 0 Å². The summed E-state index contributed by atoms with van der Waals surface area (Å²) in [4.78, 5) is 13.5. The average molecular weight is 267 g/mol. The zero-order valence-corrected chi connectivity index (χ0v) is 12.0. The highest BCUT2D eigenvalue weighted by atomic mass is 32.2. The van der Waals surface area contributed by atoms with E-state index in [2.05, 4.69) is 18.1 Å². The van der Waals surface area contributed by atoms with Crippen LogP contribution in [-0.2, 0) is 0 Å². The van der Waals surface area contributed by atoms with Gasteiger partial charge in [-0.05, 0) is 30.9 Å². The Bertz CT molecular complexity index is 423. The molecule has 0 aliphatic carbocycles. The van der Waals surface area contributed by atoms with Crippen molar-refractivity contribution >= 4 is 29.0 Å². The van der Waals surface area contributed by atoms with Crippen molar-refractivity contribution in [3.8, 4) is 0 Å². The van der Waals surface area contributed by atoms with Gasteiger partial charge in [0, 0.05) is 30.2 Å². The minimum atomic E-state index is -0.485. The Labute approximate surface area is 113 Å². The third kappa shape index (κ3) is 3.32. The van der Waals surface area contributed by atoms with E-state index in [4.69, 9.17) is 11.5 Å². The fraction of sp³-hybridized carbons (Fsp3) is 0.462. The first-order valence-electron chi connectivity index (χ1n) is 5.92. The number of anilines is 2. The van der Waals surface area contributed by atoms with E-state index in [0.717, 1.165) is 17.9 Å². The van der Waals surface area contributed by atoms with Gasteiger partial charge < -0.3 is 16.4 Å². The van der Waals surface area contributed by atoms with Crippen LogP contribution in [0.25, 0.3) is 0 Å². The Morgan fingerprint density at radius 3 is 2.67 bits per heavy atom. The zero-order chi connectivity index (χ0) is 13.7. The first-order chi connectivity index (χ1) is 8.51. The van der Waals surface area contributed by atoms with Crippen molar-refractivity contribution in [2.75, 3.05) is 29.7 Å². The Morgan fingerprint density at radius 1 is 1.50 bits per heavy atom. The van der Waals surface area contributed by atoms with Crippen LogP contribution in [0.5, 0.6) is 0 Å². The first-order valence-corrected chi connectivity index (χ1v) is 7.31. The molecule has 100 valence electrons. The van der Waals surface area contributed by atoms with Gasteiger partial charge in [0.2, 0.25) is 0 Å². The molecule has 0 fully saturated rings. The summed E-state index contributed by atoms with van der Waals surface area (Å²) in [6, 6.07) is 5.85. The number of nitrogens with two attached hydrogens (primary N) is 2. The number of benzene rings is 1. The Hall–Kier alpha value is -1.36. The molecule has 0 radical (unpaired) electrons. The highest BCUT2D eigenvalue weighted by molar-refractivity contribution is 7.98. The molecule has 0 saturated heterocycles. The van der Waals surface area contributed by atoms with Crippen molar-refractivity contribution in [3.05, 3.63) is 23.8 Å². The van der Waals surface area contributed by atoms with Gasteiger partial charge in [0.25, 0.3) is 5.91 Å². The SMILES string of the molecule is CCC(CSC)N(C)c1ccc(N)c(C(N)=O)c1. The molecule has 1 atom stereocenters. The number of rotatable bonds is 6. The first kappa shape index (κ1) is 14.7. The topological polar surface area (TPSA) is 72.3 Å². The number of hydrogen-bond donors (Lipinski definition) is 2. The molecule has 1 amide bonds. The fourth-order valence-corrected chi connectivity index (χ4v) is 2.73. The molecule has 0 spiro atoms. The largest absolute Gasteiger partial charge is 0.398 e. The van der Waals surface area contributed by atoms with Gasteiger partial charge in [-0.15, -0.1) is 0 Å². The van der Waals surface area contributed by atoms with E-state index in [1.54, 1.807) is 12.1 Å². The summed E-state index contributed by atoms with van der Waals surface area (Å²) in [5, 5.41) is 0. The van der Waals surface area contributed by atoms with Gasteiger partial charge in [-0.2, -0.15) is 11.8 Å². The van der Waals surface area contributed by atoms with Crippen molar-refractivity contribution in [1.29, 1.82) is 0 Å². The second kappa shape index (κ2) is 6.54. The highest BCUT2D eigenvalue weighted by Crippen LogP contribution is 2.23. The Kier molecular flexibility index (Phi) is 5.34. The van der Waals surface area contributed by atoms with Gasteiger partial charge in [-0.1, -0.05) is 6.92 Å². The Morgan fingerprint density at radius 2 is 2.17 bits per heavy atom. The smallest absolute Gasteiger partial charge is 0.250 e. The molecule has 0 heterocycles. The maximum Gasteiger partial charge on any atom is 0.250 e. The third-order valence-corrected chi connectivity index (χ3v) is 3.81. The van der Waals surface area contributed by atoms with E-state index >= 15 is 0 Å². The van der Waals surface area contributed by atoms with E-state index in [1.165, 1.54) is 0 Å². The van der Waals surface area contributed by atoms with Crippen LogP contribution in [0.1, 0.15) is 23.7 Å². The van der Waals surface area contributed by atoms with Gasteiger partial charge in [0.05, 0.1) is 5.56 Å². The monoisotopic (exact) mass is 267 g/mol. The summed E-state index contributed by atoms with van der Waals surface area (Å²) in [5.74, 6) is 0.559. The fourth-order valence-electron chi connectivity index (χ4n) is 1.88. The lowest BCUT2D eigenvalue weighted by atomic mass is 10.1. The number of nitrogen functional groups attached to an aromatic ring is 1. The molecule has 1 aromatic carbocycles. The van der Waals surface area contributed by atoms with E-state index in [-0.39, 0.29) is 0 Å². The van der Waals surface area contributed by atoms with Crippen LogP contribution in [0.4, 0.5) is 11.4 Å². The standard InChI is InChI=1S/C13H21N3OS/c1-4-9(8-18-3)16(2)10-5-6-12(14)11(7-10)13(15)17/h5-7,9H,4,8,14H2,1-3H3,(H2,15,17). The molecule has 4 nitrogen and oxygen atoms in total. The van der Waals surface area contributed by atoms with Crippen LogP contribution in [0.3, 0.4) is 0 Å². The lowest BCUT2D eigenvalue weighted by molar-refractivity contribution is 0.100. The number of carbonyl (C=O) groups is 1. The van der Waals surface area contributed by atoms with Gasteiger partial charge in [0.1, 0.15) is 0 Å². The number of hydrogen-bond acceptors (Lipinski definition) is 4. The molecule has 0 bridgehead atoms. The number of nitrogens with zero attached hydrogens (tertiary/aromatic N) is 1. The highest BCUT2D eigenvalue weighted by Gasteiger charge is 2.15. The van der Waals surface area contributed by atoms with E-state index in [0.29, 0.717) is 17.3 Å². The second-order valence-electron chi connectivity index (χ2n) is 4.26. The third-order valence-electron chi connectivity index (χ3n) is 3.09. The number of carbonyl (C=O) groups excluding carboxylic acids is 1. The normalized spacial score (nSPS) is 12.2. The van der Waals surface area contributed by atoms with Crippen molar-refractivity contribution in [2.24, 2.45) is 5.73 Å². The molecule has 18 heavy (non-hydrogen) atoms. The van der Waals surface area contributed by atoms with Crippen LogP contribution in [0.2, 0.25) is 0 Å². The molecule has 1 rings (SSSR count). The summed E-state index contributed by atoms with van der Waals surface area (Å²) in [5.41, 5.74) is 12.8. The predicted octanol–water partition coefficient (Wildman–Crippen LogP) is 1.95.